The van der Waals surface area contributed by atoms with Crippen LogP contribution in [-0.2, 0) is 0 Å². The van der Waals surface area contributed by atoms with Crippen LogP contribution in [0, 0.1) is 5.82 Å². The molecule has 4 nitrogen and oxygen atoms in total. The van der Waals surface area contributed by atoms with E-state index in [-0.39, 0.29) is 5.82 Å². The standard InChI is InChI=1S/C51H33FN4/c52-42-23-13-22-40(30-42)43-27-26-41(51-54-49(36-18-9-3-10-19-36)53-50(55-51)37-20-11-4-12-21-37)33-46(43)56-47-31-38(34-14-5-1-6-15-34)24-28-44(47)45-29-25-39(32-48(45)56)35-16-7-2-8-17-35/h1-33H. The minimum Gasteiger partial charge on any atom is -0.309 e. The van der Waals surface area contributed by atoms with Crippen molar-refractivity contribution < 1.29 is 4.39 Å². The lowest BCUT2D eigenvalue weighted by molar-refractivity contribution is 0.628. The van der Waals surface area contributed by atoms with Crippen molar-refractivity contribution in [3.8, 4) is 73.2 Å². The van der Waals surface area contributed by atoms with Crippen molar-refractivity contribution in [3.63, 3.8) is 0 Å². The van der Waals surface area contributed by atoms with Gasteiger partial charge in [-0.2, -0.15) is 0 Å². The summed E-state index contributed by atoms with van der Waals surface area (Å²) in [6.45, 7) is 0. The van der Waals surface area contributed by atoms with Crippen LogP contribution in [0.1, 0.15) is 0 Å². The molecule has 0 saturated heterocycles. The minimum atomic E-state index is -0.296. The molecule has 8 aromatic carbocycles. The Kier molecular flexibility index (Phi) is 8.30. The number of fused-ring (bicyclic) bond motifs is 3. The summed E-state index contributed by atoms with van der Waals surface area (Å²) < 4.78 is 17.4. The predicted octanol–water partition coefficient (Wildman–Crippen LogP) is 13.1. The van der Waals surface area contributed by atoms with Crippen LogP contribution in [0.25, 0.3) is 95.0 Å². The van der Waals surface area contributed by atoms with Gasteiger partial charge in [-0.25, -0.2) is 19.3 Å². The topological polar surface area (TPSA) is 43.6 Å². The number of aromatic nitrogens is 4. The molecule has 0 N–H and O–H groups in total. The lowest BCUT2D eigenvalue weighted by Gasteiger charge is -2.17. The fourth-order valence-electron chi connectivity index (χ4n) is 7.59. The van der Waals surface area contributed by atoms with Crippen molar-refractivity contribution in [3.05, 3.63) is 206 Å². The van der Waals surface area contributed by atoms with Gasteiger partial charge >= 0.3 is 0 Å². The number of benzene rings is 8. The van der Waals surface area contributed by atoms with Crippen molar-refractivity contribution in [2.24, 2.45) is 0 Å². The quantitative estimate of drug-likeness (QED) is 0.165. The summed E-state index contributed by atoms with van der Waals surface area (Å²) in [5.41, 5.74) is 11.7. The molecule has 5 heteroatoms. The van der Waals surface area contributed by atoms with Gasteiger partial charge in [0.05, 0.1) is 16.7 Å². The normalized spacial score (nSPS) is 11.3. The summed E-state index contributed by atoms with van der Waals surface area (Å²) >= 11 is 0. The number of hydrogen-bond acceptors (Lipinski definition) is 3. The van der Waals surface area contributed by atoms with Gasteiger partial charge in [0, 0.05) is 33.0 Å². The second kappa shape index (κ2) is 14.0. The zero-order valence-corrected chi connectivity index (χ0v) is 30.2. The Morgan fingerprint density at radius 3 is 1.23 bits per heavy atom. The Morgan fingerprint density at radius 2 is 0.750 bits per heavy atom. The van der Waals surface area contributed by atoms with Crippen LogP contribution in [-0.4, -0.2) is 19.5 Å². The van der Waals surface area contributed by atoms with E-state index >= 15 is 4.39 Å². The summed E-state index contributed by atoms with van der Waals surface area (Å²) in [5, 5.41) is 2.24. The lowest BCUT2D eigenvalue weighted by Crippen LogP contribution is -2.02. The van der Waals surface area contributed by atoms with E-state index in [4.69, 9.17) is 15.0 Å². The SMILES string of the molecule is Fc1cccc(-c2ccc(-c3nc(-c4ccccc4)nc(-c4ccccc4)n3)cc2-n2c3cc(-c4ccccc4)ccc3c3ccc(-c4ccccc4)cc32)c1. The van der Waals surface area contributed by atoms with Gasteiger partial charge in [-0.15, -0.1) is 0 Å². The maximum absolute atomic E-state index is 15.0. The van der Waals surface area contributed by atoms with Crippen molar-refractivity contribution in [2.75, 3.05) is 0 Å². The molecular formula is C51H33FN4. The molecule has 0 bridgehead atoms. The Balaban J connectivity index is 1.28. The molecule has 0 aliphatic rings. The molecule has 0 radical (unpaired) electrons. The molecule has 0 saturated carbocycles. The van der Waals surface area contributed by atoms with E-state index in [9.17, 15) is 0 Å². The van der Waals surface area contributed by atoms with Gasteiger partial charge in [0.15, 0.2) is 17.5 Å². The molecule has 0 aliphatic carbocycles. The summed E-state index contributed by atoms with van der Waals surface area (Å²) in [6, 6.07) is 67.2. The molecule has 0 amide bonds. The fraction of sp³-hybridized carbons (Fsp3) is 0. The smallest absolute Gasteiger partial charge is 0.164 e. The molecule has 10 rings (SSSR count). The maximum Gasteiger partial charge on any atom is 0.164 e. The number of hydrogen-bond donors (Lipinski definition) is 0. The lowest BCUT2D eigenvalue weighted by atomic mass is 10.00. The molecular weight excluding hydrogens is 688 g/mol. The highest BCUT2D eigenvalue weighted by atomic mass is 19.1. The van der Waals surface area contributed by atoms with Gasteiger partial charge < -0.3 is 4.57 Å². The van der Waals surface area contributed by atoms with Crippen LogP contribution in [0.4, 0.5) is 4.39 Å². The zero-order valence-electron chi connectivity index (χ0n) is 30.2. The average Bonchev–Trinajstić information content (AvgIpc) is 3.60. The van der Waals surface area contributed by atoms with E-state index < -0.39 is 0 Å². The third-order valence-electron chi connectivity index (χ3n) is 10.3. The molecule has 2 heterocycles. The first kappa shape index (κ1) is 33.1. The maximum atomic E-state index is 15.0. The number of nitrogens with zero attached hydrogens (tertiary/aromatic N) is 4. The molecule has 2 aromatic heterocycles. The fourth-order valence-corrected chi connectivity index (χ4v) is 7.59. The van der Waals surface area contributed by atoms with E-state index in [2.05, 4.69) is 102 Å². The summed E-state index contributed by atoms with van der Waals surface area (Å²) in [4.78, 5) is 15.1. The summed E-state index contributed by atoms with van der Waals surface area (Å²) in [7, 11) is 0. The highest BCUT2D eigenvalue weighted by Crippen LogP contribution is 2.41. The molecule has 56 heavy (non-hydrogen) atoms. The number of rotatable bonds is 7. The second-order valence-corrected chi connectivity index (χ2v) is 13.8. The van der Waals surface area contributed by atoms with Crippen molar-refractivity contribution >= 4 is 21.8 Å². The molecule has 0 aliphatic heterocycles. The van der Waals surface area contributed by atoms with E-state index in [1.807, 2.05) is 84.9 Å². The van der Waals surface area contributed by atoms with Gasteiger partial charge in [-0.3, -0.25) is 0 Å². The van der Waals surface area contributed by atoms with Crippen LogP contribution in [0.5, 0.6) is 0 Å². The average molecular weight is 721 g/mol. The monoisotopic (exact) mass is 720 g/mol. The number of halogens is 1. The van der Waals surface area contributed by atoms with Crippen LogP contribution in [0.2, 0.25) is 0 Å². The first-order chi connectivity index (χ1) is 27.7. The van der Waals surface area contributed by atoms with Crippen LogP contribution < -0.4 is 0 Å². The highest BCUT2D eigenvalue weighted by molar-refractivity contribution is 6.11. The Bertz CT molecular complexity index is 2860. The van der Waals surface area contributed by atoms with Crippen LogP contribution in [0.3, 0.4) is 0 Å². The van der Waals surface area contributed by atoms with Gasteiger partial charge in [0.25, 0.3) is 0 Å². The largest absolute Gasteiger partial charge is 0.309 e. The summed E-state index contributed by atoms with van der Waals surface area (Å²) in [5.74, 6) is 1.42. The highest BCUT2D eigenvalue weighted by Gasteiger charge is 2.20. The van der Waals surface area contributed by atoms with Crippen molar-refractivity contribution in [2.45, 2.75) is 0 Å². The van der Waals surface area contributed by atoms with Gasteiger partial charge in [-0.1, -0.05) is 170 Å². The Labute approximate surface area is 323 Å². The Hall–Kier alpha value is -7.50. The van der Waals surface area contributed by atoms with E-state index in [0.717, 1.165) is 77.6 Å². The second-order valence-electron chi connectivity index (χ2n) is 13.8. The van der Waals surface area contributed by atoms with E-state index in [1.54, 1.807) is 12.1 Å². The van der Waals surface area contributed by atoms with Crippen molar-refractivity contribution in [1.82, 2.24) is 19.5 Å². The molecule has 0 spiro atoms. The van der Waals surface area contributed by atoms with Gasteiger partial charge in [0.2, 0.25) is 0 Å². The van der Waals surface area contributed by atoms with E-state index in [0.29, 0.717) is 17.5 Å². The third-order valence-corrected chi connectivity index (χ3v) is 10.3. The predicted molar refractivity (Wildman–Crippen MR) is 227 cm³/mol. The van der Waals surface area contributed by atoms with Crippen molar-refractivity contribution in [1.29, 1.82) is 0 Å². The molecule has 0 unspecified atom stereocenters. The first-order valence-corrected chi connectivity index (χ1v) is 18.6. The molecule has 10 aromatic rings. The first-order valence-electron chi connectivity index (χ1n) is 18.6. The zero-order chi connectivity index (χ0) is 37.4. The van der Waals surface area contributed by atoms with Crippen LogP contribution >= 0.6 is 0 Å². The Morgan fingerprint density at radius 1 is 0.321 bits per heavy atom. The summed E-state index contributed by atoms with van der Waals surface area (Å²) in [6.07, 6.45) is 0. The molecule has 0 atom stereocenters. The van der Waals surface area contributed by atoms with Gasteiger partial charge in [0.1, 0.15) is 5.82 Å². The van der Waals surface area contributed by atoms with E-state index in [1.165, 1.54) is 6.07 Å². The van der Waals surface area contributed by atoms with Crippen LogP contribution in [0.15, 0.2) is 200 Å². The minimum absolute atomic E-state index is 0.296. The molecule has 264 valence electrons. The molecule has 0 fully saturated rings. The third kappa shape index (κ3) is 6.11. The van der Waals surface area contributed by atoms with Gasteiger partial charge in [-0.05, 0) is 58.1 Å².